The van der Waals surface area contributed by atoms with Crippen LogP contribution in [0.5, 0.6) is 23.0 Å². The summed E-state index contributed by atoms with van der Waals surface area (Å²) < 4.78 is 22.4. The molecule has 26 heavy (non-hydrogen) atoms. The lowest BCUT2D eigenvalue weighted by Gasteiger charge is -2.12. The molecule has 0 saturated carbocycles. The van der Waals surface area contributed by atoms with E-state index < -0.39 is 0 Å². The third-order valence-corrected chi connectivity index (χ3v) is 5.07. The van der Waals surface area contributed by atoms with Gasteiger partial charge in [-0.3, -0.25) is 0 Å². The van der Waals surface area contributed by atoms with Crippen molar-refractivity contribution in [3.05, 3.63) is 59.9 Å². The van der Waals surface area contributed by atoms with Crippen LogP contribution in [0.15, 0.2) is 48.7 Å². The van der Waals surface area contributed by atoms with E-state index in [0.717, 1.165) is 51.0 Å². The molecule has 0 atom stereocenters. The first kappa shape index (κ1) is 13.9. The van der Waals surface area contributed by atoms with Crippen molar-refractivity contribution in [2.24, 2.45) is 0 Å². The minimum absolute atomic E-state index is 0.266. The van der Waals surface area contributed by atoms with Crippen LogP contribution in [0.3, 0.4) is 0 Å². The smallest absolute Gasteiger partial charge is 0.231 e. The van der Waals surface area contributed by atoms with E-state index >= 15 is 0 Å². The van der Waals surface area contributed by atoms with E-state index in [0.29, 0.717) is 0 Å². The van der Waals surface area contributed by atoms with Crippen LogP contribution < -0.4 is 18.9 Å². The van der Waals surface area contributed by atoms with Crippen LogP contribution in [0.1, 0.15) is 11.3 Å². The SMILES string of the molecule is c1c[nH]c(Cc2cc3cc4c(cc3c3cc5c(cc23)OCO5)OCO4)c1. The molecule has 0 spiro atoms. The molecule has 2 aliphatic rings. The van der Waals surface area contributed by atoms with E-state index in [9.17, 15) is 0 Å². The molecule has 4 aromatic rings. The van der Waals surface area contributed by atoms with Gasteiger partial charge in [-0.05, 0) is 69.6 Å². The van der Waals surface area contributed by atoms with Gasteiger partial charge in [0.15, 0.2) is 23.0 Å². The van der Waals surface area contributed by atoms with Crippen LogP contribution in [0.2, 0.25) is 0 Å². The number of aromatic nitrogens is 1. The lowest BCUT2D eigenvalue weighted by molar-refractivity contribution is 0.173. The number of hydrogen-bond acceptors (Lipinski definition) is 4. The molecule has 0 fully saturated rings. The van der Waals surface area contributed by atoms with Crippen molar-refractivity contribution in [1.82, 2.24) is 4.98 Å². The summed E-state index contributed by atoms with van der Waals surface area (Å²) >= 11 is 0. The van der Waals surface area contributed by atoms with Crippen LogP contribution in [0.25, 0.3) is 21.5 Å². The van der Waals surface area contributed by atoms with Gasteiger partial charge < -0.3 is 23.9 Å². The number of hydrogen-bond donors (Lipinski definition) is 1. The summed E-state index contributed by atoms with van der Waals surface area (Å²) in [6.07, 6.45) is 2.76. The Balaban J connectivity index is 1.68. The third kappa shape index (κ3) is 1.97. The first-order valence-corrected chi connectivity index (χ1v) is 8.56. The van der Waals surface area contributed by atoms with Gasteiger partial charge >= 0.3 is 0 Å². The third-order valence-electron chi connectivity index (χ3n) is 5.07. The molecule has 128 valence electrons. The number of nitrogens with one attached hydrogen (secondary N) is 1. The topological polar surface area (TPSA) is 52.7 Å². The summed E-state index contributed by atoms with van der Waals surface area (Å²) in [4.78, 5) is 3.29. The van der Waals surface area contributed by atoms with Gasteiger partial charge in [-0.25, -0.2) is 0 Å². The molecular weight excluding hydrogens is 330 g/mol. The van der Waals surface area contributed by atoms with Gasteiger partial charge in [-0.1, -0.05) is 0 Å². The zero-order valence-electron chi connectivity index (χ0n) is 13.9. The fourth-order valence-electron chi connectivity index (χ4n) is 3.84. The van der Waals surface area contributed by atoms with E-state index in [1.54, 1.807) is 0 Å². The molecule has 0 unspecified atom stereocenters. The Kier molecular flexibility index (Phi) is 2.72. The average Bonchev–Trinajstić information content (AvgIpc) is 3.40. The second-order valence-corrected chi connectivity index (χ2v) is 6.59. The molecule has 3 aromatic carbocycles. The minimum Gasteiger partial charge on any atom is -0.454 e. The van der Waals surface area contributed by atoms with Crippen molar-refractivity contribution in [1.29, 1.82) is 0 Å². The highest BCUT2D eigenvalue weighted by Crippen LogP contribution is 2.44. The maximum absolute atomic E-state index is 5.61. The summed E-state index contributed by atoms with van der Waals surface area (Å²) in [5.41, 5.74) is 2.40. The zero-order chi connectivity index (χ0) is 17.1. The number of ether oxygens (including phenoxy) is 4. The minimum atomic E-state index is 0.266. The van der Waals surface area contributed by atoms with Crippen LogP contribution in [0.4, 0.5) is 0 Å². The van der Waals surface area contributed by atoms with Crippen molar-refractivity contribution in [2.75, 3.05) is 13.6 Å². The van der Waals surface area contributed by atoms with Crippen molar-refractivity contribution in [3.8, 4) is 23.0 Å². The normalized spacial score (nSPS) is 14.5. The standard InChI is InChI=1S/C21H15NO4/c1-2-14(22-3-1)5-12-4-13-6-18-19(24-10-23-18)8-16(13)17-9-21-20(7-15(12)17)25-11-26-21/h1-4,6-9,22H,5,10-11H2. The van der Waals surface area contributed by atoms with Crippen molar-refractivity contribution in [3.63, 3.8) is 0 Å². The Morgan fingerprint density at radius 3 is 2.08 bits per heavy atom. The largest absolute Gasteiger partial charge is 0.454 e. The van der Waals surface area contributed by atoms with E-state index in [2.05, 4.69) is 41.4 Å². The highest BCUT2D eigenvalue weighted by molar-refractivity contribution is 6.11. The van der Waals surface area contributed by atoms with Gasteiger partial charge in [0.2, 0.25) is 13.6 Å². The Morgan fingerprint density at radius 2 is 1.38 bits per heavy atom. The average molecular weight is 345 g/mol. The molecular formula is C21H15NO4. The zero-order valence-corrected chi connectivity index (χ0v) is 13.9. The number of H-pyrrole nitrogens is 1. The van der Waals surface area contributed by atoms with Crippen molar-refractivity contribution < 1.29 is 18.9 Å². The summed E-state index contributed by atoms with van der Waals surface area (Å²) in [5.74, 6) is 3.16. The van der Waals surface area contributed by atoms with Crippen LogP contribution in [-0.4, -0.2) is 18.6 Å². The van der Waals surface area contributed by atoms with Gasteiger partial charge in [0.25, 0.3) is 0 Å². The summed E-state index contributed by atoms with van der Waals surface area (Å²) in [6, 6.07) is 14.6. The quantitative estimate of drug-likeness (QED) is 0.548. The molecule has 3 heterocycles. The van der Waals surface area contributed by atoms with Gasteiger partial charge in [-0.2, -0.15) is 0 Å². The van der Waals surface area contributed by atoms with E-state index in [1.807, 2.05) is 12.3 Å². The van der Waals surface area contributed by atoms with E-state index in [1.165, 1.54) is 11.3 Å². The maximum atomic E-state index is 5.61. The molecule has 2 aliphatic heterocycles. The molecule has 6 rings (SSSR count). The number of benzene rings is 3. The molecule has 0 bridgehead atoms. The van der Waals surface area contributed by atoms with E-state index in [-0.39, 0.29) is 13.6 Å². The van der Waals surface area contributed by atoms with Gasteiger partial charge in [0.1, 0.15) is 0 Å². The number of fused-ring (bicyclic) bond motifs is 5. The Bertz CT molecular complexity index is 1160. The van der Waals surface area contributed by atoms with E-state index in [4.69, 9.17) is 18.9 Å². The molecule has 5 nitrogen and oxygen atoms in total. The molecule has 5 heteroatoms. The first-order chi connectivity index (χ1) is 12.8. The predicted octanol–water partition coefficient (Wildman–Crippen LogP) is 4.37. The monoisotopic (exact) mass is 345 g/mol. The predicted molar refractivity (Wildman–Crippen MR) is 97.3 cm³/mol. The molecule has 0 aliphatic carbocycles. The van der Waals surface area contributed by atoms with Gasteiger partial charge in [-0.15, -0.1) is 0 Å². The van der Waals surface area contributed by atoms with Crippen molar-refractivity contribution in [2.45, 2.75) is 6.42 Å². The lowest BCUT2D eigenvalue weighted by Crippen LogP contribution is -1.93. The molecule has 0 amide bonds. The lowest BCUT2D eigenvalue weighted by atomic mass is 9.94. The second-order valence-electron chi connectivity index (χ2n) is 6.59. The molecule has 1 N–H and O–H groups in total. The summed E-state index contributed by atoms with van der Waals surface area (Å²) in [6.45, 7) is 0.535. The van der Waals surface area contributed by atoms with Crippen molar-refractivity contribution >= 4 is 21.5 Å². The molecule has 0 radical (unpaired) electrons. The summed E-state index contributed by atoms with van der Waals surface area (Å²) in [5, 5.41) is 4.54. The highest BCUT2D eigenvalue weighted by Gasteiger charge is 2.20. The summed E-state index contributed by atoms with van der Waals surface area (Å²) in [7, 11) is 0. The maximum Gasteiger partial charge on any atom is 0.231 e. The van der Waals surface area contributed by atoms with Crippen LogP contribution >= 0.6 is 0 Å². The fraction of sp³-hybridized carbons (Fsp3) is 0.143. The first-order valence-electron chi connectivity index (χ1n) is 8.56. The Labute approximate surface area is 149 Å². The van der Waals surface area contributed by atoms with Crippen LogP contribution in [-0.2, 0) is 6.42 Å². The number of aromatic amines is 1. The molecule has 0 saturated heterocycles. The molecule has 1 aromatic heterocycles. The van der Waals surface area contributed by atoms with Crippen LogP contribution in [0, 0.1) is 0 Å². The fourth-order valence-corrected chi connectivity index (χ4v) is 3.84. The Morgan fingerprint density at radius 1 is 0.731 bits per heavy atom. The number of rotatable bonds is 2. The highest BCUT2D eigenvalue weighted by atomic mass is 16.7. The van der Waals surface area contributed by atoms with Gasteiger partial charge in [0, 0.05) is 18.3 Å². The Hall–Kier alpha value is -3.34. The second kappa shape index (κ2) is 5.08. The van der Waals surface area contributed by atoms with Gasteiger partial charge in [0.05, 0.1) is 0 Å².